The molecule has 1 aliphatic rings. The number of carbonyl (C=O) groups excluding carboxylic acids is 2. The monoisotopic (exact) mass is 497 g/mol. The van der Waals surface area contributed by atoms with Gasteiger partial charge in [0.2, 0.25) is 12.7 Å². The van der Waals surface area contributed by atoms with Gasteiger partial charge < -0.3 is 24.6 Å². The lowest BCUT2D eigenvalue weighted by atomic mass is 10.2. The van der Waals surface area contributed by atoms with Crippen LogP contribution in [0.4, 0.5) is 10.5 Å². The lowest BCUT2D eigenvalue weighted by Crippen LogP contribution is -2.44. The Kier molecular flexibility index (Phi) is 7.72. The summed E-state index contributed by atoms with van der Waals surface area (Å²) < 4.78 is 10.9. The fourth-order valence-electron chi connectivity index (χ4n) is 3.49. The van der Waals surface area contributed by atoms with Crippen LogP contribution < -0.4 is 14.8 Å². The summed E-state index contributed by atoms with van der Waals surface area (Å²) in [7, 11) is 0. The maximum Gasteiger partial charge on any atom is 0.322 e. The van der Waals surface area contributed by atoms with Crippen LogP contribution in [-0.4, -0.2) is 41.6 Å². The SMILES string of the molecule is C=CCN(CC(=O)N(Cc1ccc2c(c1)OCO2)Cc1cccs1)C(=O)Nc1cccc(Cl)c1. The molecular weight excluding hydrogens is 474 g/mol. The van der Waals surface area contributed by atoms with Gasteiger partial charge in [-0.25, -0.2) is 4.79 Å². The van der Waals surface area contributed by atoms with Crippen LogP contribution in [0.2, 0.25) is 5.02 Å². The van der Waals surface area contributed by atoms with Gasteiger partial charge in [0.05, 0.1) is 6.54 Å². The van der Waals surface area contributed by atoms with Crippen LogP contribution in [0, 0.1) is 0 Å². The first kappa shape index (κ1) is 23.7. The van der Waals surface area contributed by atoms with Crippen LogP contribution >= 0.6 is 22.9 Å². The lowest BCUT2D eigenvalue weighted by Gasteiger charge is -2.27. The van der Waals surface area contributed by atoms with Crippen LogP contribution in [0.3, 0.4) is 0 Å². The first-order valence-electron chi connectivity index (χ1n) is 10.6. The summed E-state index contributed by atoms with van der Waals surface area (Å²) in [6, 6.07) is 16.0. The largest absolute Gasteiger partial charge is 0.454 e. The predicted octanol–water partition coefficient (Wildman–Crippen LogP) is 5.38. The number of fused-ring (bicyclic) bond motifs is 1. The highest BCUT2D eigenvalue weighted by Crippen LogP contribution is 2.33. The lowest BCUT2D eigenvalue weighted by molar-refractivity contribution is -0.132. The van der Waals surface area contributed by atoms with Gasteiger partial charge in [-0.15, -0.1) is 17.9 Å². The van der Waals surface area contributed by atoms with Crippen molar-refractivity contribution in [3.8, 4) is 11.5 Å². The van der Waals surface area contributed by atoms with E-state index in [2.05, 4.69) is 11.9 Å². The Morgan fingerprint density at radius 3 is 2.68 bits per heavy atom. The summed E-state index contributed by atoms with van der Waals surface area (Å²) in [5.74, 6) is 1.17. The number of benzene rings is 2. The van der Waals surface area contributed by atoms with Gasteiger partial charge in [-0.3, -0.25) is 4.79 Å². The second-order valence-electron chi connectivity index (χ2n) is 7.63. The minimum atomic E-state index is -0.408. The molecule has 0 aliphatic carbocycles. The second kappa shape index (κ2) is 11.1. The molecule has 0 bridgehead atoms. The Labute approximate surface area is 207 Å². The first-order chi connectivity index (χ1) is 16.5. The Bertz CT molecular complexity index is 1170. The highest BCUT2D eigenvalue weighted by atomic mass is 35.5. The Morgan fingerprint density at radius 1 is 1.06 bits per heavy atom. The number of ether oxygens (including phenoxy) is 2. The number of nitrogens with zero attached hydrogens (tertiary/aromatic N) is 2. The standard InChI is InChI=1S/C25H24ClN3O4S/c1-2-10-28(25(31)27-20-6-3-5-19(26)13-20)16-24(30)29(15-21-7-4-11-34-21)14-18-8-9-22-23(12-18)33-17-32-22/h2-9,11-13H,1,10,14-17H2,(H,27,31). The van der Waals surface area contributed by atoms with Crippen molar-refractivity contribution in [2.45, 2.75) is 13.1 Å². The fraction of sp³-hybridized carbons (Fsp3) is 0.200. The minimum Gasteiger partial charge on any atom is -0.454 e. The number of nitrogens with one attached hydrogen (secondary N) is 1. The van der Waals surface area contributed by atoms with Crippen molar-refractivity contribution in [1.29, 1.82) is 0 Å². The zero-order valence-corrected chi connectivity index (χ0v) is 20.0. The quantitative estimate of drug-likeness (QED) is 0.403. The third-order valence-corrected chi connectivity index (χ3v) is 6.22. The van der Waals surface area contributed by atoms with Gasteiger partial charge in [0.1, 0.15) is 6.54 Å². The molecule has 0 radical (unpaired) electrons. The number of amides is 3. The van der Waals surface area contributed by atoms with E-state index >= 15 is 0 Å². The van der Waals surface area contributed by atoms with Gasteiger partial charge in [0, 0.05) is 28.7 Å². The van der Waals surface area contributed by atoms with E-state index in [0.29, 0.717) is 35.3 Å². The van der Waals surface area contributed by atoms with Gasteiger partial charge in [-0.05, 0) is 47.3 Å². The van der Waals surface area contributed by atoms with E-state index < -0.39 is 6.03 Å². The molecule has 3 aromatic rings. The average Bonchev–Trinajstić information content (AvgIpc) is 3.50. The number of anilines is 1. The Morgan fingerprint density at radius 2 is 1.91 bits per heavy atom. The van der Waals surface area contributed by atoms with Crippen LogP contribution in [0.15, 0.2) is 72.6 Å². The molecule has 1 aromatic heterocycles. The van der Waals surface area contributed by atoms with Crippen molar-refractivity contribution < 1.29 is 19.1 Å². The van der Waals surface area contributed by atoms with Gasteiger partial charge in [-0.1, -0.05) is 35.9 Å². The zero-order chi connectivity index (χ0) is 23.9. The molecule has 4 rings (SSSR count). The molecule has 0 saturated heterocycles. The topological polar surface area (TPSA) is 71.1 Å². The van der Waals surface area contributed by atoms with Crippen molar-refractivity contribution in [3.05, 3.63) is 88.1 Å². The van der Waals surface area contributed by atoms with Gasteiger partial charge in [0.15, 0.2) is 11.5 Å². The first-order valence-corrected chi connectivity index (χ1v) is 11.9. The van der Waals surface area contributed by atoms with Crippen LogP contribution in [0.5, 0.6) is 11.5 Å². The van der Waals surface area contributed by atoms with E-state index in [4.69, 9.17) is 21.1 Å². The van der Waals surface area contributed by atoms with Gasteiger partial charge in [-0.2, -0.15) is 0 Å². The molecule has 0 unspecified atom stereocenters. The van der Waals surface area contributed by atoms with Crippen LogP contribution in [0.1, 0.15) is 10.4 Å². The Balaban J connectivity index is 1.49. The van der Waals surface area contributed by atoms with E-state index in [1.807, 2.05) is 35.7 Å². The average molecular weight is 498 g/mol. The van der Waals surface area contributed by atoms with Crippen molar-refractivity contribution in [2.75, 3.05) is 25.2 Å². The van der Waals surface area contributed by atoms with Gasteiger partial charge >= 0.3 is 6.03 Å². The van der Waals surface area contributed by atoms with Crippen molar-refractivity contribution >= 4 is 40.6 Å². The van der Waals surface area contributed by atoms with Gasteiger partial charge in [0.25, 0.3) is 0 Å². The van der Waals surface area contributed by atoms with Crippen molar-refractivity contribution in [2.24, 2.45) is 0 Å². The molecule has 2 aromatic carbocycles. The third kappa shape index (κ3) is 6.09. The molecule has 1 aliphatic heterocycles. The molecule has 176 valence electrons. The highest BCUT2D eigenvalue weighted by Gasteiger charge is 2.23. The molecule has 0 atom stereocenters. The summed E-state index contributed by atoms with van der Waals surface area (Å²) in [4.78, 5) is 30.5. The van der Waals surface area contributed by atoms with E-state index in [9.17, 15) is 9.59 Å². The number of rotatable bonds is 9. The number of thiophene rings is 1. The predicted molar refractivity (Wildman–Crippen MR) is 133 cm³/mol. The molecule has 1 N–H and O–H groups in total. The van der Waals surface area contributed by atoms with Crippen molar-refractivity contribution in [3.63, 3.8) is 0 Å². The number of hydrogen-bond donors (Lipinski definition) is 1. The molecule has 2 heterocycles. The molecule has 0 spiro atoms. The summed E-state index contributed by atoms with van der Waals surface area (Å²) in [6.07, 6.45) is 1.59. The number of urea groups is 1. The smallest absolute Gasteiger partial charge is 0.322 e. The molecule has 0 saturated carbocycles. The van der Waals surface area contributed by atoms with E-state index in [0.717, 1.165) is 10.4 Å². The summed E-state index contributed by atoms with van der Waals surface area (Å²) in [5, 5.41) is 5.27. The summed E-state index contributed by atoms with van der Waals surface area (Å²) in [5.41, 5.74) is 1.46. The molecular formula is C25H24ClN3O4S. The maximum absolute atomic E-state index is 13.4. The molecule has 9 heteroatoms. The molecule has 0 fully saturated rings. The van der Waals surface area contributed by atoms with E-state index in [1.165, 1.54) is 4.90 Å². The molecule has 7 nitrogen and oxygen atoms in total. The second-order valence-corrected chi connectivity index (χ2v) is 9.10. The van der Waals surface area contributed by atoms with Crippen molar-refractivity contribution in [1.82, 2.24) is 9.80 Å². The third-order valence-electron chi connectivity index (χ3n) is 5.13. The minimum absolute atomic E-state index is 0.103. The normalized spacial score (nSPS) is 11.7. The van der Waals surface area contributed by atoms with Crippen LogP contribution in [-0.2, 0) is 17.9 Å². The number of hydrogen-bond acceptors (Lipinski definition) is 5. The molecule has 3 amide bonds. The fourth-order valence-corrected chi connectivity index (χ4v) is 4.40. The summed E-state index contributed by atoms with van der Waals surface area (Å²) >= 11 is 7.59. The molecule has 34 heavy (non-hydrogen) atoms. The number of halogens is 1. The zero-order valence-electron chi connectivity index (χ0n) is 18.4. The number of carbonyl (C=O) groups is 2. The highest BCUT2D eigenvalue weighted by molar-refractivity contribution is 7.09. The van der Waals surface area contributed by atoms with E-state index in [-0.39, 0.29) is 25.8 Å². The summed E-state index contributed by atoms with van der Waals surface area (Å²) in [6.45, 7) is 4.83. The van der Waals surface area contributed by atoms with Crippen LogP contribution in [0.25, 0.3) is 0 Å². The Hall–Kier alpha value is -3.49. The van der Waals surface area contributed by atoms with E-state index in [1.54, 1.807) is 46.6 Å². The maximum atomic E-state index is 13.4.